The molecule has 1 aromatic carbocycles. The van der Waals surface area contributed by atoms with E-state index in [1.807, 2.05) is 35.1 Å². The lowest BCUT2D eigenvalue weighted by Crippen LogP contribution is -2.11. The Bertz CT molecular complexity index is 587. The van der Waals surface area contributed by atoms with Gasteiger partial charge in [-0.3, -0.25) is 9.48 Å². The average molecular weight is 367 g/mol. The van der Waals surface area contributed by atoms with E-state index in [0.29, 0.717) is 5.56 Å². The third kappa shape index (κ3) is 3.34. The molecule has 1 heterocycles. The van der Waals surface area contributed by atoms with E-state index in [9.17, 15) is 4.79 Å². The number of benzene rings is 1. The molecule has 98 valence electrons. The Kier molecular flexibility index (Phi) is 3.54. The van der Waals surface area contributed by atoms with Gasteiger partial charge in [0, 0.05) is 21.9 Å². The van der Waals surface area contributed by atoms with Crippen LogP contribution in [0.1, 0.15) is 23.2 Å². The minimum Gasteiger partial charge on any atom is -0.319 e. The number of aromatic nitrogens is 2. The van der Waals surface area contributed by atoms with Crippen molar-refractivity contribution in [2.24, 2.45) is 5.92 Å². The highest BCUT2D eigenvalue weighted by molar-refractivity contribution is 14.1. The van der Waals surface area contributed by atoms with E-state index in [4.69, 9.17) is 0 Å². The maximum Gasteiger partial charge on any atom is 0.255 e. The highest BCUT2D eigenvalue weighted by Gasteiger charge is 2.22. The third-order valence-electron chi connectivity index (χ3n) is 3.14. The number of nitrogens with zero attached hydrogens (tertiary/aromatic N) is 2. The number of amides is 1. The predicted octanol–water partition coefficient (Wildman–Crippen LogP) is 3.15. The molecule has 1 aliphatic rings. The van der Waals surface area contributed by atoms with Gasteiger partial charge in [-0.1, -0.05) is 0 Å². The van der Waals surface area contributed by atoms with Crippen molar-refractivity contribution in [1.82, 2.24) is 9.78 Å². The lowest BCUT2D eigenvalue weighted by Gasteiger charge is -2.02. The topological polar surface area (TPSA) is 46.9 Å². The van der Waals surface area contributed by atoms with Crippen LogP contribution < -0.4 is 5.32 Å². The number of halogens is 1. The van der Waals surface area contributed by atoms with Gasteiger partial charge in [-0.2, -0.15) is 5.10 Å². The quantitative estimate of drug-likeness (QED) is 0.844. The minimum absolute atomic E-state index is 0.0950. The second kappa shape index (κ2) is 5.32. The molecule has 0 spiro atoms. The molecule has 0 unspecified atom stereocenters. The summed E-state index contributed by atoms with van der Waals surface area (Å²) in [6, 6.07) is 7.50. The SMILES string of the molecule is O=C(Nc1cnn(CC2CC2)c1)c1ccc(I)cc1. The molecule has 19 heavy (non-hydrogen) atoms. The van der Waals surface area contributed by atoms with Gasteiger partial charge in [0.1, 0.15) is 0 Å². The molecule has 1 N–H and O–H groups in total. The van der Waals surface area contributed by atoms with E-state index in [1.54, 1.807) is 6.20 Å². The molecule has 1 amide bonds. The maximum atomic E-state index is 12.0. The fourth-order valence-electron chi connectivity index (χ4n) is 1.90. The van der Waals surface area contributed by atoms with Crippen molar-refractivity contribution in [2.45, 2.75) is 19.4 Å². The summed E-state index contributed by atoms with van der Waals surface area (Å²) in [5.41, 5.74) is 1.42. The van der Waals surface area contributed by atoms with Crippen LogP contribution in [-0.4, -0.2) is 15.7 Å². The lowest BCUT2D eigenvalue weighted by molar-refractivity contribution is 0.102. The summed E-state index contributed by atoms with van der Waals surface area (Å²) in [5.74, 6) is 0.682. The van der Waals surface area contributed by atoms with Crippen LogP contribution in [0.2, 0.25) is 0 Å². The van der Waals surface area contributed by atoms with Crippen LogP contribution in [0, 0.1) is 9.49 Å². The zero-order valence-electron chi connectivity index (χ0n) is 10.3. The van der Waals surface area contributed by atoms with Crippen molar-refractivity contribution >= 4 is 34.2 Å². The molecular formula is C14H14IN3O. The van der Waals surface area contributed by atoms with Gasteiger partial charge in [-0.05, 0) is 65.6 Å². The number of rotatable bonds is 4. The lowest BCUT2D eigenvalue weighted by atomic mass is 10.2. The number of carbonyl (C=O) groups excluding carboxylic acids is 1. The van der Waals surface area contributed by atoms with Crippen LogP contribution in [0.5, 0.6) is 0 Å². The van der Waals surface area contributed by atoms with E-state index in [-0.39, 0.29) is 5.91 Å². The highest BCUT2D eigenvalue weighted by atomic mass is 127. The normalized spacial score (nSPS) is 14.4. The minimum atomic E-state index is -0.0950. The molecule has 0 radical (unpaired) electrons. The monoisotopic (exact) mass is 367 g/mol. The summed E-state index contributed by atoms with van der Waals surface area (Å²) in [5, 5.41) is 7.12. The van der Waals surface area contributed by atoms with E-state index < -0.39 is 0 Å². The smallest absolute Gasteiger partial charge is 0.255 e. The Morgan fingerprint density at radius 1 is 1.37 bits per heavy atom. The molecule has 2 aromatic rings. The molecule has 1 aromatic heterocycles. The Labute approximate surface area is 125 Å². The van der Waals surface area contributed by atoms with Crippen molar-refractivity contribution < 1.29 is 4.79 Å². The molecule has 5 heteroatoms. The number of nitrogens with one attached hydrogen (secondary N) is 1. The van der Waals surface area contributed by atoms with Gasteiger partial charge in [0.2, 0.25) is 0 Å². The van der Waals surface area contributed by atoms with Crippen molar-refractivity contribution in [2.75, 3.05) is 5.32 Å². The first kappa shape index (κ1) is 12.7. The van der Waals surface area contributed by atoms with Crippen LogP contribution >= 0.6 is 22.6 Å². The van der Waals surface area contributed by atoms with Crippen LogP contribution in [0.4, 0.5) is 5.69 Å². The summed E-state index contributed by atoms with van der Waals surface area (Å²) in [7, 11) is 0. The van der Waals surface area contributed by atoms with Gasteiger partial charge in [0.05, 0.1) is 11.9 Å². The predicted molar refractivity (Wildman–Crippen MR) is 82.1 cm³/mol. The van der Waals surface area contributed by atoms with Gasteiger partial charge in [-0.15, -0.1) is 0 Å². The summed E-state index contributed by atoms with van der Waals surface area (Å²) in [4.78, 5) is 12.0. The van der Waals surface area contributed by atoms with Crippen molar-refractivity contribution in [1.29, 1.82) is 0 Å². The van der Waals surface area contributed by atoms with Crippen LogP contribution in [0.3, 0.4) is 0 Å². The maximum absolute atomic E-state index is 12.0. The fraction of sp³-hybridized carbons (Fsp3) is 0.286. The molecule has 0 atom stereocenters. The summed E-state index contributed by atoms with van der Waals surface area (Å²) >= 11 is 2.22. The Morgan fingerprint density at radius 2 is 2.11 bits per heavy atom. The second-order valence-corrected chi connectivity index (χ2v) is 6.10. The first-order chi connectivity index (χ1) is 9.20. The molecule has 0 aliphatic heterocycles. The van der Waals surface area contributed by atoms with E-state index in [2.05, 4.69) is 33.0 Å². The standard InChI is InChI=1S/C14H14IN3O/c15-12-5-3-11(4-6-12)14(19)17-13-7-16-18(9-13)8-10-1-2-10/h3-7,9-10H,1-2,8H2,(H,17,19). The molecule has 4 nitrogen and oxygen atoms in total. The molecule has 1 saturated carbocycles. The summed E-state index contributed by atoms with van der Waals surface area (Å²) in [6.45, 7) is 0.958. The van der Waals surface area contributed by atoms with Crippen LogP contribution in [0.15, 0.2) is 36.7 Å². The van der Waals surface area contributed by atoms with E-state index in [1.165, 1.54) is 12.8 Å². The largest absolute Gasteiger partial charge is 0.319 e. The van der Waals surface area contributed by atoms with Gasteiger partial charge in [-0.25, -0.2) is 0 Å². The molecule has 3 rings (SSSR count). The van der Waals surface area contributed by atoms with Crippen molar-refractivity contribution in [3.63, 3.8) is 0 Å². The first-order valence-electron chi connectivity index (χ1n) is 6.30. The Morgan fingerprint density at radius 3 is 2.79 bits per heavy atom. The molecule has 0 saturated heterocycles. The van der Waals surface area contributed by atoms with Gasteiger partial charge in [0.15, 0.2) is 0 Å². The zero-order valence-corrected chi connectivity index (χ0v) is 12.5. The van der Waals surface area contributed by atoms with Crippen molar-refractivity contribution in [3.05, 3.63) is 45.8 Å². The zero-order chi connectivity index (χ0) is 13.2. The highest BCUT2D eigenvalue weighted by Crippen LogP contribution is 2.30. The Hall–Kier alpha value is -1.37. The second-order valence-electron chi connectivity index (χ2n) is 4.86. The number of carbonyl (C=O) groups is 1. The molecule has 0 bridgehead atoms. The number of hydrogen-bond donors (Lipinski definition) is 1. The molecule has 1 fully saturated rings. The van der Waals surface area contributed by atoms with Gasteiger partial charge in [0.25, 0.3) is 5.91 Å². The number of hydrogen-bond acceptors (Lipinski definition) is 2. The van der Waals surface area contributed by atoms with Gasteiger partial charge < -0.3 is 5.32 Å². The van der Waals surface area contributed by atoms with E-state index in [0.717, 1.165) is 21.7 Å². The third-order valence-corrected chi connectivity index (χ3v) is 3.86. The van der Waals surface area contributed by atoms with Gasteiger partial charge >= 0.3 is 0 Å². The van der Waals surface area contributed by atoms with Crippen molar-refractivity contribution in [3.8, 4) is 0 Å². The molecular weight excluding hydrogens is 353 g/mol. The Balaban J connectivity index is 1.64. The first-order valence-corrected chi connectivity index (χ1v) is 7.38. The molecule has 1 aliphatic carbocycles. The summed E-state index contributed by atoms with van der Waals surface area (Å²) < 4.78 is 3.02. The average Bonchev–Trinajstić information content (AvgIpc) is 3.10. The van der Waals surface area contributed by atoms with Crippen LogP contribution in [0.25, 0.3) is 0 Å². The summed E-state index contributed by atoms with van der Waals surface area (Å²) in [6.07, 6.45) is 6.18. The van der Waals surface area contributed by atoms with E-state index >= 15 is 0 Å². The fourth-order valence-corrected chi connectivity index (χ4v) is 2.26. The van der Waals surface area contributed by atoms with Crippen LogP contribution in [-0.2, 0) is 6.54 Å². The number of anilines is 1.